The van der Waals surface area contributed by atoms with Crippen molar-refractivity contribution in [2.75, 3.05) is 10.6 Å². The average Bonchev–Trinajstić information content (AvgIpc) is 2.65. The maximum absolute atomic E-state index is 13.7. The van der Waals surface area contributed by atoms with Crippen LogP contribution in [0.5, 0.6) is 0 Å². The molecule has 0 spiro atoms. The number of halogens is 2. The second-order valence-corrected chi connectivity index (χ2v) is 6.77. The van der Waals surface area contributed by atoms with Crippen molar-refractivity contribution in [2.24, 2.45) is 0 Å². The molecule has 0 unspecified atom stereocenters. The zero-order valence-corrected chi connectivity index (χ0v) is 16.4. The highest BCUT2D eigenvalue weighted by Gasteiger charge is 2.17. The highest BCUT2D eigenvalue weighted by molar-refractivity contribution is 5.98. The minimum absolute atomic E-state index is 0.0535. The first-order chi connectivity index (χ1) is 13.7. The quantitative estimate of drug-likeness (QED) is 0.662. The number of rotatable bonds is 7. The van der Waals surface area contributed by atoms with Gasteiger partial charge in [0.15, 0.2) is 0 Å². The van der Waals surface area contributed by atoms with Crippen LogP contribution in [0.4, 0.5) is 20.2 Å². The van der Waals surface area contributed by atoms with Crippen LogP contribution >= 0.6 is 0 Å². The largest absolute Gasteiger partial charge is 0.345 e. The molecular weight excluding hydrogens is 380 g/mol. The van der Waals surface area contributed by atoms with Crippen molar-refractivity contribution < 1.29 is 23.2 Å². The lowest BCUT2D eigenvalue weighted by molar-refractivity contribution is -0.127. The molecule has 1 atom stereocenters. The van der Waals surface area contributed by atoms with Crippen molar-refractivity contribution in [1.82, 2.24) is 5.32 Å². The number of amides is 3. The van der Waals surface area contributed by atoms with E-state index in [1.165, 1.54) is 37.3 Å². The molecule has 0 aromatic heterocycles. The van der Waals surface area contributed by atoms with Gasteiger partial charge < -0.3 is 16.0 Å². The third-order valence-corrected chi connectivity index (χ3v) is 4.19. The van der Waals surface area contributed by atoms with Crippen LogP contribution in [0.3, 0.4) is 0 Å². The number of nitrogens with one attached hydrogen (secondary N) is 3. The maximum atomic E-state index is 13.7. The van der Waals surface area contributed by atoms with Crippen LogP contribution in [-0.2, 0) is 14.4 Å². The van der Waals surface area contributed by atoms with Crippen LogP contribution in [0.15, 0.2) is 36.4 Å². The zero-order valence-electron chi connectivity index (χ0n) is 16.4. The van der Waals surface area contributed by atoms with Gasteiger partial charge in [0.2, 0.25) is 17.7 Å². The number of benzene rings is 2. The first-order valence-corrected chi connectivity index (χ1v) is 9.08. The Bertz CT molecular complexity index is 931. The van der Waals surface area contributed by atoms with E-state index in [-0.39, 0.29) is 18.5 Å². The molecule has 0 saturated carbocycles. The normalized spacial score (nSPS) is 11.5. The van der Waals surface area contributed by atoms with Gasteiger partial charge in [0.25, 0.3) is 0 Å². The molecule has 0 aliphatic carbocycles. The fourth-order valence-corrected chi connectivity index (χ4v) is 2.56. The van der Waals surface area contributed by atoms with Crippen LogP contribution in [-0.4, -0.2) is 23.8 Å². The number of aryl methyl sites for hydroxylation is 2. The van der Waals surface area contributed by atoms with Crippen molar-refractivity contribution in [3.8, 4) is 0 Å². The minimum atomic E-state index is -0.857. The standard InChI is InChI=1S/C21H23F2N3O3/c1-12-4-6-16(23)18(10-12)25-20(28)9-8-19(27)24-14(3)21(29)26-17-7-5-15(22)11-13(17)2/h4-7,10-11,14H,8-9H2,1-3H3,(H,24,27)(H,25,28)(H,26,29)/t14-/m1/s1. The van der Waals surface area contributed by atoms with Gasteiger partial charge in [0.05, 0.1) is 5.69 Å². The number of anilines is 2. The summed E-state index contributed by atoms with van der Waals surface area (Å²) in [6.07, 6.45) is -0.322. The van der Waals surface area contributed by atoms with Crippen molar-refractivity contribution >= 4 is 29.1 Å². The second-order valence-electron chi connectivity index (χ2n) is 6.77. The zero-order chi connectivity index (χ0) is 21.6. The monoisotopic (exact) mass is 403 g/mol. The summed E-state index contributed by atoms with van der Waals surface area (Å²) in [5, 5.41) is 7.52. The lowest BCUT2D eigenvalue weighted by Gasteiger charge is -2.15. The SMILES string of the molecule is Cc1ccc(F)c(NC(=O)CCC(=O)N[C@H](C)C(=O)Nc2ccc(F)cc2C)c1. The van der Waals surface area contributed by atoms with E-state index in [1.807, 2.05) is 0 Å². The molecule has 2 aromatic carbocycles. The fraction of sp³-hybridized carbons (Fsp3) is 0.286. The first-order valence-electron chi connectivity index (χ1n) is 9.08. The van der Waals surface area contributed by atoms with Crippen molar-refractivity contribution in [1.29, 1.82) is 0 Å². The molecule has 0 radical (unpaired) electrons. The smallest absolute Gasteiger partial charge is 0.246 e. The molecule has 0 heterocycles. The topological polar surface area (TPSA) is 87.3 Å². The van der Waals surface area contributed by atoms with Crippen LogP contribution in [0.2, 0.25) is 0 Å². The Labute approximate surface area is 167 Å². The summed E-state index contributed by atoms with van der Waals surface area (Å²) in [5.41, 5.74) is 1.84. The molecule has 0 aliphatic heterocycles. The van der Waals surface area contributed by atoms with E-state index in [0.717, 1.165) is 5.56 Å². The van der Waals surface area contributed by atoms with E-state index in [2.05, 4.69) is 16.0 Å². The Hall–Kier alpha value is -3.29. The predicted molar refractivity (Wildman–Crippen MR) is 106 cm³/mol. The summed E-state index contributed by atoms with van der Waals surface area (Å²) in [6.45, 7) is 4.91. The van der Waals surface area contributed by atoms with E-state index >= 15 is 0 Å². The van der Waals surface area contributed by atoms with Gasteiger partial charge in [-0.1, -0.05) is 6.07 Å². The summed E-state index contributed by atoms with van der Waals surface area (Å²) in [5.74, 6) is -2.45. The Morgan fingerprint density at radius 1 is 0.897 bits per heavy atom. The van der Waals surface area contributed by atoms with Crippen LogP contribution in [0, 0.1) is 25.5 Å². The highest BCUT2D eigenvalue weighted by atomic mass is 19.1. The maximum Gasteiger partial charge on any atom is 0.246 e. The summed E-state index contributed by atoms with van der Waals surface area (Å²) in [7, 11) is 0. The number of hydrogen-bond acceptors (Lipinski definition) is 3. The fourth-order valence-electron chi connectivity index (χ4n) is 2.56. The molecular formula is C21H23F2N3O3. The van der Waals surface area contributed by atoms with Crippen LogP contribution < -0.4 is 16.0 Å². The lowest BCUT2D eigenvalue weighted by atomic mass is 10.2. The Morgan fingerprint density at radius 2 is 1.59 bits per heavy atom. The highest BCUT2D eigenvalue weighted by Crippen LogP contribution is 2.17. The van der Waals surface area contributed by atoms with E-state index in [1.54, 1.807) is 19.9 Å². The van der Waals surface area contributed by atoms with Crippen molar-refractivity contribution in [2.45, 2.75) is 39.7 Å². The predicted octanol–water partition coefficient (Wildman–Crippen LogP) is 3.44. The summed E-state index contributed by atoms with van der Waals surface area (Å²) in [4.78, 5) is 36.1. The first kappa shape index (κ1) is 22.0. The molecule has 29 heavy (non-hydrogen) atoms. The second kappa shape index (κ2) is 9.77. The van der Waals surface area contributed by atoms with Gasteiger partial charge in [-0.25, -0.2) is 8.78 Å². The van der Waals surface area contributed by atoms with Gasteiger partial charge in [-0.3, -0.25) is 14.4 Å². The third-order valence-electron chi connectivity index (χ3n) is 4.19. The van der Waals surface area contributed by atoms with Crippen molar-refractivity contribution in [3.05, 3.63) is 59.2 Å². The third kappa shape index (κ3) is 6.67. The molecule has 0 aliphatic rings. The van der Waals surface area contributed by atoms with Crippen LogP contribution in [0.1, 0.15) is 30.9 Å². The van der Waals surface area contributed by atoms with Gasteiger partial charge in [0.1, 0.15) is 17.7 Å². The van der Waals surface area contributed by atoms with Gasteiger partial charge in [-0.15, -0.1) is 0 Å². The molecule has 6 nitrogen and oxygen atoms in total. The summed E-state index contributed by atoms with van der Waals surface area (Å²) in [6, 6.07) is 7.42. The molecule has 8 heteroatoms. The molecule has 3 N–H and O–H groups in total. The van der Waals surface area contributed by atoms with Gasteiger partial charge >= 0.3 is 0 Å². The minimum Gasteiger partial charge on any atom is -0.345 e. The molecule has 0 fully saturated rings. The van der Waals surface area contributed by atoms with E-state index in [4.69, 9.17) is 0 Å². The van der Waals surface area contributed by atoms with E-state index < -0.39 is 35.4 Å². The van der Waals surface area contributed by atoms with Gasteiger partial charge in [-0.2, -0.15) is 0 Å². The summed E-state index contributed by atoms with van der Waals surface area (Å²) >= 11 is 0. The molecule has 0 saturated heterocycles. The van der Waals surface area contributed by atoms with Gasteiger partial charge in [-0.05, 0) is 62.2 Å². The van der Waals surface area contributed by atoms with E-state index in [0.29, 0.717) is 11.3 Å². The Morgan fingerprint density at radius 3 is 2.28 bits per heavy atom. The average molecular weight is 403 g/mol. The molecule has 2 rings (SSSR count). The Kier molecular flexibility index (Phi) is 7.41. The van der Waals surface area contributed by atoms with E-state index in [9.17, 15) is 23.2 Å². The number of carbonyl (C=O) groups excluding carboxylic acids is 3. The molecule has 154 valence electrons. The Balaban J connectivity index is 1.81. The number of carbonyl (C=O) groups is 3. The van der Waals surface area contributed by atoms with Crippen LogP contribution in [0.25, 0.3) is 0 Å². The summed E-state index contributed by atoms with van der Waals surface area (Å²) < 4.78 is 26.8. The molecule has 3 amide bonds. The lowest BCUT2D eigenvalue weighted by Crippen LogP contribution is -2.41. The number of hydrogen-bond donors (Lipinski definition) is 3. The molecule has 2 aromatic rings. The van der Waals surface area contributed by atoms with Gasteiger partial charge in [0, 0.05) is 18.5 Å². The van der Waals surface area contributed by atoms with Crippen molar-refractivity contribution in [3.63, 3.8) is 0 Å². The molecule has 0 bridgehead atoms.